The lowest BCUT2D eigenvalue weighted by molar-refractivity contribution is -0.136. The summed E-state index contributed by atoms with van der Waals surface area (Å²) < 4.78 is 4.96. The molecule has 0 radical (unpaired) electrons. The second-order valence-corrected chi connectivity index (χ2v) is 4.94. The van der Waals surface area contributed by atoms with Crippen LogP contribution in [-0.2, 0) is 9.53 Å². The molecule has 1 aliphatic rings. The molecule has 0 aliphatic heterocycles. The Morgan fingerprint density at radius 2 is 2.05 bits per heavy atom. The van der Waals surface area contributed by atoms with Gasteiger partial charge < -0.3 is 4.74 Å². The molecule has 104 valence electrons. The standard InChI is InChI=1S/C17H24O2/c1-2-3-4-5-9-15-19-17(18)14-10-13-16-11-7-6-8-12-16/h13-14,16H,2-4,6-8,11-12,15H2,1H3. The first-order valence-electron chi connectivity index (χ1n) is 7.38. The fraction of sp³-hybridized carbons (Fsp3) is 0.647. The highest BCUT2D eigenvalue weighted by molar-refractivity contribution is 5.81. The van der Waals surface area contributed by atoms with Crippen molar-refractivity contribution < 1.29 is 9.53 Å². The second-order valence-electron chi connectivity index (χ2n) is 4.94. The number of rotatable bonds is 5. The maximum absolute atomic E-state index is 11.3. The minimum Gasteiger partial charge on any atom is -0.449 e. The molecule has 1 rings (SSSR count). The van der Waals surface area contributed by atoms with Crippen LogP contribution in [0.15, 0.2) is 17.9 Å². The van der Waals surface area contributed by atoms with E-state index in [4.69, 9.17) is 4.74 Å². The Hall–Kier alpha value is -1.45. The van der Waals surface area contributed by atoms with Gasteiger partial charge in [0.15, 0.2) is 6.61 Å². The molecule has 1 saturated carbocycles. The van der Waals surface area contributed by atoms with E-state index < -0.39 is 0 Å². The molecule has 0 spiro atoms. The van der Waals surface area contributed by atoms with E-state index in [1.165, 1.54) is 38.2 Å². The zero-order chi connectivity index (χ0) is 13.8. The van der Waals surface area contributed by atoms with Crippen molar-refractivity contribution in [3.63, 3.8) is 0 Å². The van der Waals surface area contributed by atoms with Crippen LogP contribution in [-0.4, -0.2) is 12.6 Å². The average Bonchev–Trinajstić information content (AvgIpc) is 2.44. The monoisotopic (exact) mass is 260 g/mol. The third-order valence-electron chi connectivity index (χ3n) is 3.25. The molecule has 2 nitrogen and oxygen atoms in total. The highest BCUT2D eigenvalue weighted by Gasteiger charge is 2.09. The number of carbonyl (C=O) groups excluding carboxylic acids is 1. The molecule has 0 aromatic heterocycles. The Morgan fingerprint density at radius 1 is 1.26 bits per heavy atom. The van der Waals surface area contributed by atoms with E-state index in [-0.39, 0.29) is 12.6 Å². The molecule has 0 N–H and O–H groups in total. The largest absolute Gasteiger partial charge is 0.449 e. The van der Waals surface area contributed by atoms with Gasteiger partial charge in [-0.1, -0.05) is 44.4 Å². The minimum absolute atomic E-state index is 0.185. The summed E-state index contributed by atoms with van der Waals surface area (Å²) in [6.07, 6.45) is 12.9. The fourth-order valence-electron chi connectivity index (χ4n) is 2.11. The highest BCUT2D eigenvalue weighted by atomic mass is 16.5. The van der Waals surface area contributed by atoms with Crippen molar-refractivity contribution in [2.45, 2.75) is 58.3 Å². The van der Waals surface area contributed by atoms with Gasteiger partial charge in [-0.3, -0.25) is 0 Å². The van der Waals surface area contributed by atoms with Crippen LogP contribution in [0, 0.1) is 17.8 Å². The minimum atomic E-state index is -0.350. The lowest BCUT2D eigenvalue weighted by Gasteiger charge is -2.16. The van der Waals surface area contributed by atoms with Crippen molar-refractivity contribution in [3.8, 4) is 11.8 Å². The first-order chi connectivity index (χ1) is 9.33. The van der Waals surface area contributed by atoms with Gasteiger partial charge in [-0.05, 0) is 31.3 Å². The van der Waals surface area contributed by atoms with Crippen molar-refractivity contribution in [3.05, 3.63) is 17.9 Å². The predicted molar refractivity (Wildman–Crippen MR) is 77.5 cm³/mol. The van der Waals surface area contributed by atoms with Crippen LogP contribution in [0.2, 0.25) is 0 Å². The van der Waals surface area contributed by atoms with E-state index in [1.54, 1.807) is 0 Å². The molecule has 0 heterocycles. The van der Waals surface area contributed by atoms with Crippen LogP contribution < -0.4 is 0 Å². The zero-order valence-electron chi connectivity index (χ0n) is 11.9. The molecule has 0 aromatic carbocycles. The van der Waals surface area contributed by atoms with E-state index in [0.717, 1.165) is 19.3 Å². The van der Waals surface area contributed by atoms with E-state index in [2.05, 4.69) is 24.5 Å². The van der Waals surface area contributed by atoms with E-state index in [9.17, 15) is 4.79 Å². The molecule has 1 aliphatic carbocycles. The summed E-state index contributed by atoms with van der Waals surface area (Å²) in [4.78, 5) is 11.3. The number of ether oxygens (including phenoxy) is 1. The number of unbranched alkanes of at least 4 members (excludes halogenated alkanes) is 2. The Labute approximate surface area is 116 Å². The summed E-state index contributed by atoms with van der Waals surface area (Å²) in [7, 11) is 0. The van der Waals surface area contributed by atoms with Crippen molar-refractivity contribution in [1.82, 2.24) is 0 Å². The van der Waals surface area contributed by atoms with Gasteiger partial charge in [0.05, 0.1) is 6.08 Å². The van der Waals surface area contributed by atoms with Gasteiger partial charge in [0.25, 0.3) is 0 Å². The van der Waals surface area contributed by atoms with Crippen LogP contribution in [0.1, 0.15) is 58.3 Å². The van der Waals surface area contributed by atoms with Gasteiger partial charge in [-0.2, -0.15) is 0 Å². The molecular weight excluding hydrogens is 236 g/mol. The van der Waals surface area contributed by atoms with E-state index in [1.807, 2.05) is 6.08 Å². The van der Waals surface area contributed by atoms with Crippen molar-refractivity contribution in [2.24, 2.45) is 5.92 Å². The van der Waals surface area contributed by atoms with Crippen LogP contribution >= 0.6 is 0 Å². The fourth-order valence-corrected chi connectivity index (χ4v) is 2.11. The van der Waals surface area contributed by atoms with Crippen molar-refractivity contribution in [1.29, 1.82) is 0 Å². The number of hydrogen-bond acceptors (Lipinski definition) is 2. The first-order valence-corrected chi connectivity index (χ1v) is 7.38. The molecule has 0 atom stereocenters. The van der Waals surface area contributed by atoms with E-state index in [0.29, 0.717) is 5.92 Å². The summed E-state index contributed by atoms with van der Waals surface area (Å²) in [5.74, 6) is 6.06. The predicted octanol–water partition coefficient (Wildman–Crippen LogP) is 4.01. The van der Waals surface area contributed by atoms with Crippen LogP contribution in [0.4, 0.5) is 0 Å². The molecule has 0 saturated heterocycles. The third kappa shape index (κ3) is 8.30. The van der Waals surface area contributed by atoms with Gasteiger partial charge in [-0.15, -0.1) is 5.73 Å². The molecular formula is C17H24O2. The Kier molecular flexibility index (Phi) is 8.60. The smallest absolute Gasteiger partial charge is 0.339 e. The second kappa shape index (κ2) is 10.5. The molecule has 19 heavy (non-hydrogen) atoms. The zero-order valence-corrected chi connectivity index (χ0v) is 11.9. The summed E-state index contributed by atoms with van der Waals surface area (Å²) in [5.41, 5.74) is 2.94. The SMILES string of the molecule is CCCCC#CCOC(=O)C=C=CC1CCCCC1. The summed E-state index contributed by atoms with van der Waals surface area (Å²) in [5, 5.41) is 0. The Bertz CT molecular complexity index is 372. The number of hydrogen-bond donors (Lipinski definition) is 0. The maximum Gasteiger partial charge on any atom is 0.339 e. The van der Waals surface area contributed by atoms with Gasteiger partial charge in [0.2, 0.25) is 0 Å². The van der Waals surface area contributed by atoms with Crippen LogP contribution in [0.5, 0.6) is 0 Å². The third-order valence-corrected chi connectivity index (χ3v) is 3.25. The molecule has 0 amide bonds. The van der Waals surface area contributed by atoms with Gasteiger partial charge in [0.1, 0.15) is 0 Å². The Balaban J connectivity index is 2.18. The molecule has 0 aromatic rings. The topological polar surface area (TPSA) is 26.3 Å². The van der Waals surface area contributed by atoms with E-state index >= 15 is 0 Å². The molecule has 0 unspecified atom stereocenters. The first kappa shape index (κ1) is 15.6. The lowest BCUT2D eigenvalue weighted by Crippen LogP contribution is -2.02. The maximum atomic E-state index is 11.3. The molecule has 2 heteroatoms. The van der Waals surface area contributed by atoms with Crippen molar-refractivity contribution >= 4 is 5.97 Å². The summed E-state index contributed by atoms with van der Waals surface area (Å²) in [6, 6.07) is 0. The van der Waals surface area contributed by atoms with Gasteiger partial charge in [0, 0.05) is 6.42 Å². The van der Waals surface area contributed by atoms with Crippen LogP contribution in [0.25, 0.3) is 0 Å². The lowest BCUT2D eigenvalue weighted by atomic mass is 9.89. The highest BCUT2D eigenvalue weighted by Crippen LogP contribution is 2.23. The average molecular weight is 260 g/mol. The van der Waals surface area contributed by atoms with Gasteiger partial charge in [-0.25, -0.2) is 4.79 Å². The summed E-state index contributed by atoms with van der Waals surface area (Å²) >= 11 is 0. The van der Waals surface area contributed by atoms with Gasteiger partial charge >= 0.3 is 5.97 Å². The van der Waals surface area contributed by atoms with Crippen LogP contribution in [0.3, 0.4) is 0 Å². The number of esters is 1. The number of carbonyl (C=O) groups is 1. The summed E-state index contributed by atoms with van der Waals surface area (Å²) in [6.45, 7) is 2.31. The quantitative estimate of drug-likeness (QED) is 0.245. The Morgan fingerprint density at radius 3 is 2.79 bits per heavy atom. The molecule has 1 fully saturated rings. The van der Waals surface area contributed by atoms with Crippen molar-refractivity contribution in [2.75, 3.05) is 6.61 Å². The molecule has 0 bridgehead atoms. The normalized spacial score (nSPS) is 14.8.